The molecule has 0 radical (unpaired) electrons. The fourth-order valence-electron chi connectivity index (χ4n) is 2.01. The van der Waals surface area contributed by atoms with E-state index in [-0.39, 0.29) is 43.1 Å². The summed E-state index contributed by atoms with van der Waals surface area (Å²) in [5.41, 5.74) is 3.99. The largest absolute Gasteiger partial charge is 0.433 e. The van der Waals surface area contributed by atoms with Gasteiger partial charge in [0.05, 0.1) is 5.56 Å². The van der Waals surface area contributed by atoms with Crippen molar-refractivity contribution in [1.82, 2.24) is 4.98 Å². The number of hydrogen-bond donors (Lipinski definition) is 1. The minimum atomic E-state index is -4.60. The molecule has 1 saturated heterocycles. The molecule has 0 unspecified atom stereocenters. The first-order chi connectivity index (χ1) is 9.29. The molecule has 1 aromatic heterocycles. The molecule has 2 rings (SSSR count). The van der Waals surface area contributed by atoms with Gasteiger partial charge in [-0.1, -0.05) is 0 Å². The Balaban J connectivity index is 2.42. The highest BCUT2D eigenvalue weighted by molar-refractivity contribution is 5.98. The van der Waals surface area contributed by atoms with E-state index in [9.17, 15) is 22.8 Å². The van der Waals surface area contributed by atoms with Crippen LogP contribution in [0.25, 0.3) is 0 Å². The normalized spacial score (nSPS) is 16.4. The molecule has 0 aliphatic carbocycles. The van der Waals surface area contributed by atoms with Gasteiger partial charge in [0.1, 0.15) is 17.3 Å². The minimum Gasteiger partial charge on any atom is -0.365 e. The first kappa shape index (κ1) is 14.3. The van der Waals surface area contributed by atoms with E-state index in [0.717, 1.165) is 12.1 Å². The number of ketones is 1. The van der Waals surface area contributed by atoms with Gasteiger partial charge in [0.25, 0.3) is 5.91 Å². The summed E-state index contributed by atoms with van der Waals surface area (Å²) in [5, 5.41) is 0. The zero-order valence-electron chi connectivity index (χ0n) is 10.4. The van der Waals surface area contributed by atoms with Gasteiger partial charge in [-0.25, -0.2) is 4.98 Å². The lowest BCUT2D eigenvalue weighted by Crippen LogP contribution is -2.36. The van der Waals surface area contributed by atoms with E-state index < -0.39 is 17.8 Å². The Morgan fingerprint density at radius 1 is 1.25 bits per heavy atom. The summed E-state index contributed by atoms with van der Waals surface area (Å²) in [5.74, 6) is -0.924. The van der Waals surface area contributed by atoms with Crippen molar-refractivity contribution in [3.05, 3.63) is 23.4 Å². The highest BCUT2D eigenvalue weighted by Crippen LogP contribution is 2.31. The van der Waals surface area contributed by atoms with Crippen LogP contribution in [0.1, 0.15) is 28.9 Å². The Morgan fingerprint density at radius 2 is 1.85 bits per heavy atom. The number of halogens is 3. The van der Waals surface area contributed by atoms with Gasteiger partial charge in [-0.3, -0.25) is 9.59 Å². The number of carbonyl (C=O) groups excluding carboxylic acids is 2. The molecule has 20 heavy (non-hydrogen) atoms. The van der Waals surface area contributed by atoms with Crippen molar-refractivity contribution in [1.29, 1.82) is 0 Å². The highest BCUT2D eigenvalue weighted by Gasteiger charge is 2.34. The number of Topliss-reactive ketones (excluding diaryl/α,β-unsaturated/α-hetero) is 1. The van der Waals surface area contributed by atoms with Gasteiger partial charge in [-0.2, -0.15) is 13.2 Å². The van der Waals surface area contributed by atoms with Crippen molar-refractivity contribution < 1.29 is 22.8 Å². The molecule has 0 bridgehead atoms. The van der Waals surface area contributed by atoms with Crippen LogP contribution in [0, 0.1) is 0 Å². The second-order valence-electron chi connectivity index (χ2n) is 4.46. The maximum absolute atomic E-state index is 12.7. The average molecular weight is 287 g/mol. The minimum absolute atomic E-state index is 0.0360. The Kier molecular flexibility index (Phi) is 3.65. The van der Waals surface area contributed by atoms with Crippen molar-refractivity contribution in [2.24, 2.45) is 5.73 Å². The smallest absolute Gasteiger partial charge is 0.365 e. The number of nitrogens with two attached hydrogens (primary N) is 1. The predicted molar refractivity (Wildman–Crippen MR) is 64.2 cm³/mol. The van der Waals surface area contributed by atoms with Crippen LogP contribution in [-0.4, -0.2) is 29.8 Å². The van der Waals surface area contributed by atoms with Crippen molar-refractivity contribution >= 4 is 17.5 Å². The second-order valence-corrected chi connectivity index (χ2v) is 4.46. The number of pyridine rings is 1. The number of hydrogen-bond acceptors (Lipinski definition) is 4. The molecule has 5 nitrogen and oxygen atoms in total. The second kappa shape index (κ2) is 5.10. The first-order valence-corrected chi connectivity index (χ1v) is 5.93. The molecule has 1 aliphatic rings. The maximum Gasteiger partial charge on any atom is 0.433 e. The summed E-state index contributed by atoms with van der Waals surface area (Å²) in [4.78, 5) is 27.4. The number of carbonyl (C=O) groups is 2. The van der Waals surface area contributed by atoms with Crippen LogP contribution in [0.4, 0.5) is 19.0 Å². The molecule has 2 N–H and O–H groups in total. The fourth-order valence-corrected chi connectivity index (χ4v) is 2.01. The zero-order valence-corrected chi connectivity index (χ0v) is 10.4. The van der Waals surface area contributed by atoms with Crippen molar-refractivity contribution in [2.45, 2.75) is 19.0 Å². The van der Waals surface area contributed by atoms with Crippen molar-refractivity contribution in [2.75, 3.05) is 18.0 Å². The summed E-state index contributed by atoms with van der Waals surface area (Å²) in [7, 11) is 0. The fraction of sp³-hybridized carbons (Fsp3) is 0.417. The number of rotatable bonds is 2. The molecule has 8 heteroatoms. The monoisotopic (exact) mass is 287 g/mol. The van der Waals surface area contributed by atoms with Gasteiger partial charge >= 0.3 is 6.18 Å². The van der Waals surface area contributed by atoms with E-state index in [1.807, 2.05) is 0 Å². The van der Waals surface area contributed by atoms with Gasteiger partial charge in [0.2, 0.25) is 0 Å². The molecule has 0 aromatic carbocycles. The molecule has 0 spiro atoms. The molecule has 1 fully saturated rings. The molecular weight excluding hydrogens is 275 g/mol. The molecule has 108 valence electrons. The summed E-state index contributed by atoms with van der Waals surface area (Å²) >= 11 is 0. The molecule has 1 aromatic rings. The number of alkyl halides is 3. The van der Waals surface area contributed by atoms with Gasteiger partial charge in [-0.15, -0.1) is 0 Å². The standard InChI is InChI=1S/C12H12F3N3O2/c13-12(14,15)9-2-1-8(10(16)20)11(17-9)18-5-3-7(19)4-6-18/h1-2H,3-6H2,(H2,16,20). The maximum atomic E-state index is 12.7. The van der Waals surface area contributed by atoms with Crippen LogP contribution < -0.4 is 10.6 Å². The number of piperidine rings is 1. The van der Waals surface area contributed by atoms with Crippen LogP contribution in [0.5, 0.6) is 0 Å². The zero-order chi connectivity index (χ0) is 14.9. The third kappa shape index (κ3) is 2.89. The third-order valence-electron chi connectivity index (χ3n) is 3.05. The topological polar surface area (TPSA) is 76.3 Å². The van der Waals surface area contributed by atoms with Crippen LogP contribution in [-0.2, 0) is 11.0 Å². The SMILES string of the molecule is NC(=O)c1ccc(C(F)(F)F)nc1N1CCC(=O)CC1. The number of anilines is 1. The number of amides is 1. The van der Waals surface area contributed by atoms with Crippen LogP contribution in [0.15, 0.2) is 12.1 Å². The highest BCUT2D eigenvalue weighted by atomic mass is 19.4. The van der Waals surface area contributed by atoms with E-state index in [1.54, 1.807) is 0 Å². The van der Waals surface area contributed by atoms with Crippen molar-refractivity contribution in [3.8, 4) is 0 Å². The molecule has 0 atom stereocenters. The van der Waals surface area contributed by atoms with E-state index in [1.165, 1.54) is 4.90 Å². The van der Waals surface area contributed by atoms with E-state index in [4.69, 9.17) is 5.73 Å². The molecule has 1 aliphatic heterocycles. The number of aromatic nitrogens is 1. The first-order valence-electron chi connectivity index (χ1n) is 5.93. The Bertz CT molecular complexity index is 547. The van der Waals surface area contributed by atoms with E-state index in [2.05, 4.69) is 4.98 Å². The van der Waals surface area contributed by atoms with Gasteiger partial charge < -0.3 is 10.6 Å². The number of nitrogens with zero attached hydrogens (tertiary/aromatic N) is 2. The molecular formula is C12H12F3N3O2. The summed E-state index contributed by atoms with van der Waals surface area (Å²) in [6.45, 7) is 0.459. The third-order valence-corrected chi connectivity index (χ3v) is 3.05. The van der Waals surface area contributed by atoms with Gasteiger partial charge in [0, 0.05) is 25.9 Å². The molecule has 1 amide bonds. The lowest BCUT2D eigenvalue weighted by atomic mass is 10.1. The predicted octanol–water partition coefficient (Wildman–Crippen LogP) is 1.37. The molecule has 2 heterocycles. The van der Waals surface area contributed by atoms with Crippen LogP contribution in [0.3, 0.4) is 0 Å². The summed E-state index contributed by atoms with van der Waals surface area (Å²) < 4.78 is 38.0. The Morgan fingerprint density at radius 3 is 2.35 bits per heavy atom. The summed E-state index contributed by atoms with van der Waals surface area (Å²) in [6.07, 6.45) is -4.16. The van der Waals surface area contributed by atoms with Crippen molar-refractivity contribution in [3.63, 3.8) is 0 Å². The molecule has 0 saturated carbocycles. The Labute approximate surface area is 112 Å². The Hall–Kier alpha value is -2.12. The lowest BCUT2D eigenvalue weighted by molar-refractivity contribution is -0.141. The van der Waals surface area contributed by atoms with Gasteiger partial charge in [0.15, 0.2) is 0 Å². The van der Waals surface area contributed by atoms with E-state index in [0.29, 0.717) is 0 Å². The average Bonchev–Trinajstić information content (AvgIpc) is 2.37. The quantitative estimate of drug-likeness (QED) is 0.891. The summed E-state index contributed by atoms with van der Waals surface area (Å²) in [6, 6.07) is 1.74. The lowest BCUT2D eigenvalue weighted by Gasteiger charge is -2.28. The van der Waals surface area contributed by atoms with Crippen LogP contribution >= 0.6 is 0 Å². The van der Waals surface area contributed by atoms with E-state index >= 15 is 0 Å². The van der Waals surface area contributed by atoms with Crippen LogP contribution in [0.2, 0.25) is 0 Å². The van der Waals surface area contributed by atoms with Gasteiger partial charge in [-0.05, 0) is 12.1 Å². The number of primary amides is 1.